The largest absolute Gasteiger partial charge is 0.545 e. The van der Waals surface area contributed by atoms with Gasteiger partial charge in [-0.25, -0.2) is 13.2 Å². The van der Waals surface area contributed by atoms with Crippen LogP contribution in [0.1, 0.15) is 15.9 Å². The van der Waals surface area contributed by atoms with Crippen molar-refractivity contribution >= 4 is 5.97 Å². The smallest absolute Gasteiger partial charge is 0.170 e. The summed E-state index contributed by atoms with van der Waals surface area (Å²) in [5, 5.41) is 10.0. The quantitative estimate of drug-likeness (QED) is 0.642. The van der Waals surface area contributed by atoms with Crippen LogP contribution in [0.15, 0.2) is 42.5 Å². The molecule has 0 aliphatic carbocycles. The summed E-state index contributed by atoms with van der Waals surface area (Å²) < 4.78 is 38.2. The Bertz CT molecular complexity index is 668. The Morgan fingerprint density at radius 2 is 1.48 bits per heavy atom. The number of carboxylic acids is 1. The minimum Gasteiger partial charge on any atom is -0.545 e. The lowest BCUT2D eigenvalue weighted by molar-refractivity contribution is -0.884. The van der Waals surface area contributed by atoms with Gasteiger partial charge in [-0.1, -0.05) is 30.3 Å². The number of benzene rings is 2. The second kappa shape index (κ2) is 7.78. The lowest BCUT2D eigenvalue weighted by Crippen LogP contribution is -2.33. The van der Waals surface area contributed by atoms with Gasteiger partial charge in [0.15, 0.2) is 11.6 Å². The third-order valence-electron chi connectivity index (χ3n) is 2.75. The van der Waals surface area contributed by atoms with Crippen LogP contribution < -0.4 is 5.11 Å². The minimum atomic E-state index is -2.08. The maximum absolute atomic E-state index is 12.5. The van der Waals surface area contributed by atoms with Crippen LogP contribution in [0.3, 0.4) is 0 Å². The Kier molecular flexibility index (Phi) is 6.33. The molecule has 23 heavy (non-hydrogen) atoms. The third-order valence-corrected chi connectivity index (χ3v) is 2.75. The summed E-state index contributed by atoms with van der Waals surface area (Å²) in [7, 11) is 6.60. The van der Waals surface area contributed by atoms with E-state index in [1.165, 1.54) is 5.56 Å². The standard InChI is InChI=1S/C10H16N.C7H3F3O2/c1-11(2,3)9-10-7-5-4-6-8-10;8-3-1-2-4(9)6(10)5(3)7(11)12/h4-8H,9H2,1-3H3;1-2H,(H,11,12)/q+1;/p-1. The average molecular weight is 325 g/mol. The van der Waals surface area contributed by atoms with Gasteiger partial charge in [-0.05, 0) is 12.1 Å². The third kappa shape index (κ3) is 6.12. The SMILES string of the molecule is C[N+](C)(C)Cc1ccccc1.O=C([O-])c1c(F)ccc(F)c1F. The summed E-state index contributed by atoms with van der Waals surface area (Å²) >= 11 is 0. The summed E-state index contributed by atoms with van der Waals surface area (Å²) in [5.74, 6) is -6.59. The van der Waals surface area contributed by atoms with E-state index in [1.54, 1.807) is 0 Å². The molecule has 0 heterocycles. The number of carbonyl (C=O) groups is 1. The van der Waals surface area contributed by atoms with E-state index in [0.29, 0.717) is 12.1 Å². The molecule has 0 aliphatic rings. The van der Waals surface area contributed by atoms with Crippen molar-refractivity contribution in [2.75, 3.05) is 21.1 Å². The van der Waals surface area contributed by atoms with E-state index >= 15 is 0 Å². The second-order valence-electron chi connectivity index (χ2n) is 5.94. The first-order chi connectivity index (χ1) is 10.6. The fourth-order valence-corrected chi connectivity index (χ4v) is 1.85. The molecule has 0 radical (unpaired) electrons. The molecular formula is C17H18F3NO2. The number of nitrogens with zero attached hydrogens (tertiary/aromatic N) is 1. The molecular weight excluding hydrogens is 307 g/mol. The summed E-state index contributed by atoms with van der Waals surface area (Å²) in [4.78, 5) is 10.0. The van der Waals surface area contributed by atoms with Gasteiger partial charge in [-0.2, -0.15) is 0 Å². The molecule has 0 N–H and O–H groups in total. The van der Waals surface area contributed by atoms with Crippen LogP contribution in [0.4, 0.5) is 13.2 Å². The molecule has 6 heteroatoms. The highest BCUT2D eigenvalue weighted by atomic mass is 19.2. The highest BCUT2D eigenvalue weighted by Crippen LogP contribution is 2.14. The van der Waals surface area contributed by atoms with Gasteiger partial charge in [0, 0.05) is 5.56 Å². The number of hydrogen-bond acceptors (Lipinski definition) is 2. The van der Waals surface area contributed by atoms with Crippen molar-refractivity contribution < 1.29 is 27.6 Å². The monoisotopic (exact) mass is 325 g/mol. The number of halogens is 3. The molecule has 3 nitrogen and oxygen atoms in total. The van der Waals surface area contributed by atoms with E-state index in [0.717, 1.165) is 11.0 Å². The van der Waals surface area contributed by atoms with Crippen molar-refractivity contribution in [3.05, 3.63) is 71.0 Å². The molecule has 0 bridgehead atoms. The minimum absolute atomic E-state index is 0.497. The number of aromatic carboxylic acids is 1. The highest BCUT2D eigenvalue weighted by molar-refractivity contribution is 5.86. The van der Waals surface area contributed by atoms with Gasteiger partial charge in [0.05, 0.1) is 32.7 Å². The number of carboxylic acid groups (broad SMARTS) is 1. The van der Waals surface area contributed by atoms with Crippen molar-refractivity contribution in [2.45, 2.75) is 6.54 Å². The lowest BCUT2D eigenvalue weighted by Gasteiger charge is -2.23. The summed E-state index contributed by atoms with van der Waals surface area (Å²) in [6, 6.07) is 11.6. The Hall–Kier alpha value is -2.34. The van der Waals surface area contributed by atoms with E-state index < -0.39 is 29.0 Å². The Morgan fingerprint density at radius 3 is 1.91 bits per heavy atom. The molecule has 2 rings (SSSR count). The van der Waals surface area contributed by atoms with Gasteiger partial charge in [-0.3, -0.25) is 0 Å². The predicted octanol–water partition coefficient (Wildman–Crippen LogP) is 2.36. The fraction of sp³-hybridized carbons (Fsp3) is 0.235. The summed E-state index contributed by atoms with van der Waals surface area (Å²) in [6.45, 7) is 1.10. The Morgan fingerprint density at radius 1 is 0.957 bits per heavy atom. The zero-order chi connectivity index (χ0) is 17.6. The zero-order valence-electron chi connectivity index (χ0n) is 13.1. The van der Waals surface area contributed by atoms with E-state index in [2.05, 4.69) is 51.5 Å². The molecule has 0 fully saturated rings. The fourth-order valence-electron chi connectivity index (χ4n) is 1.85. The summed E-state index contributed by atoms with van der Waals surface area (Å²) in [6.07, 6.45) is 0. The molecule has 2 aromatic carbocycles. The first-order valence-electron chi connectivity index (χ1n) is 6.81. The molecule has 124 valence electrons. The number of rotatable bonds is 3. The van der Waals surface area contributed by atoms with Crippen LogP contribution in [0.5, 0.6) is 0 Å². The maximum atomic E-state index is 12.5. The van der Waals surface area contributed by atoms with E-state index in [-0.39, 0.29) is 0 Å². The van der Waals surface area contributed by atoms with Gasteiger partial charge < -0.3 is 14.4 Å². The van der Waals surface area contributed by atoms with E-state index in [1.807, 2.05) is 0 Å². The maximum Gasteiger partial charge on any atom is 0.170 e. The van der Waals surface area contributed by atoms with Crippen molar-refractivity contribution in [2.24, 2.45) is 0 Å². The molecule has 0 spiro atoms. The van der Waals surface area contributed by atoms with Crippen LogP contribution >= 0.6 is 0 Å². The van der Waals surface area contributed by atoms with Gasteiger partial charge in [0.1, 0.15) is 12.4 Å². The van der Waals surface area contributed by atoms with Crippen molar-refractivity contribution in [1.82, 2.24) is 0 Å². The average Bonchev–Trinajstić information content (AvgIpc) is 2.43. The van der Waals surface area contributed by atoms with Crippen LogP contribution in [-0.4, -0.2) is 31.6 Å². The molecule has 0 amide bonds. The van der Waals surface area contributed by atoms with Crippen molar-refractivity contribution in [1.29, 1.82) is 0 Å². The van der Waals surface area contributed by atoms with Crippen molar-refractivity contribution in [3.8, 4) is 0 Å². The predicted molar refractivity (Wildman–Crippen MR) is 78.8 cm³/mol. The molecule has 0 saturated carbocycles. The van der Waals surface area contributed by atoms with Gasteiger partial charge in [0.2, 0.25) is 0 Å². The highest BCUT2D eigenvalue weighted by Gasteiger charge is 2.13. The molecule has 0 saturated heterocycles. The van der Waals surface area contributed by atoms with Crippen molar-refractivity contribution in [3.63, 3.8) is 0 Å². The van der Waals surface area contributed by atoms with Gasteiger partial charge in [-0.15, -0.1) is 0 Å². The molecule has 0 aliphatic heterocycles. The number of carbonyl (C=O) groups excluding carboxylic acids is 1. The zero-order valence-corrected chi connectivity index (χ0v) is 13.1. The first kappa shape index (κ1) is 18.7. The topological polar surface area (TPSA) is 40.1 Å². The van der Waals surface area contributed by atoms with Gasteiger partial charge >= 0.3 is 0 Å². The lowest BCUT2D eigenvalue weighted by atomic mass is 10.2. The summed E-state index contributed by atoms with van der Waals surface area (Å²) in [5.41, 5.74) is 0.0231. The Labute approximate surface area is 133 Å². The second-order valence-corrected chi connectivity index (χ2v) is 5.94. The molecule has 0 aromatic heterocycles. The molecule has 2 aromatic rings. The van der Waals surface area contributed by atoms with Crippen LogP contribution in [0, 0.1) is 17.5 Å². The normalized spacial score (nSPS) is 10.7. The molecule has 0 atom stereocenters. The van der Waals surface area contributed by atoms with Crippen LogP contribution in [0.25, 0.3) is 0 Å². The Balaban J connectivity index is 0.000000231. The molecule has 0 unspecified atom stereocenters. The van der Waals surface area contributed by atoms with Gasteiger partial charge in [0.25, 0.3) is 0 Å². The van der Waals surface area contributed by atoms with E-state index in [9.17, 15) is 23.1 Å². The van der Waals surface area contributed by atoms with E-state index in [4.69, 9.17) is 0 Å². The first-order valence-corrected chi connectivity index (χ1v) is 6.81. The number of hydrogen-bond donors (Lipinski definition) is 0. The van der Waals surface area contributed by atoms with Crippen LogP contribution in [-0.2, 0) is 6.54 Å². The van der Waals surface area contributed by atoms with Crippen LogP contribution in [0.2, 0.25) is 0 Å². The number of quaternary nitrogens is 1.